The van der Waals surface area contributed by atoms with Gasteiger partial charge in [-0.3, -0.25) is 4.79 Å². The summed E-state index contributed by atoms with van der Waals surface area (Å²) in [5.41, 5.74) is 0.556. The van der Waals surface area contributed by atoms with E-state index >= 15 is 0 Å². The molecule has 25 heavy (non-hydrogen) atoms. The van der Waals surface area contributed by atoms with E-state index in [0.29, 0.717) is 29.5 Å². The number of benzene rings is 2. The van der Waals surface area contributed by atoms with Crippen molar-refractivity contribution in [3.05, 3.63) is 42.5 Å². The minimum atomic E-state index is -0.283. The average Bonchev–Trinajstić information content (AvgIpc) is 2.65. The molecule has 0 spiro atoms. The van der Waals surface area contributed by atoms with Gasteiger partial charge in [-0.25, -0.2) is 0 Å². The smallest absolute Gasteiger partial charge is 0.262 e. The van der Waals surface area contributed by atoms with Crippen molar-refractivity contribution in [2.75, 3.05) is 32.8 Å². The Hall–Kier alpha value is -2.89. The lowest BCUT2D eigenvalue weighted by atomic mass is 10.2. The van der Waals surface area contributed by atoms with Crippen LogP contribution in [0.2, 0.25) is 0 Å². The molecule has 2 rings (SSSR count). The zero-order chi connectivity index (χ0) is 18.1. The maximum absolute atomic E-state index is 12.1. The maximum atomic E-state index is 12.1. The number of nitrogens with one attached hydrogen (secondary N) is 1. The van der Waals surface area contributed by atoms with Gasteiger partial charge in [-0.05, 0) is 42.8 Å². The number of amides is 1. The molecule has 0 aromatic heterocycles. The van der Waals surface area contributed by atoms with Crippen LogP contribution in [0.25, 0.3) is 0 Å². The molecule has 0 heterocycles. The van der Waals surface area contributed by atoms with Gasteiger partial charge in [0.05, 0.1) is 26.5 Å². The molecule has 0 unspecified atom stereocenters. The average molecular weight is 345 g/mol. The summed E-state index contributed by atoms with van der Waals surface area (Å²) in [7, 11) is 3.10. The van der Waals surface area contributed by atoms with E-state index in [1.807, 2.05) is 19.1 Å². The third-order valence-corrected chi connectivity index (χ3v) is 3.35. The first-order valence-electron chi connectivity index (χ1n) is 8.03. The highest BCUT2D eigenvalue weighted by Crippen LogP contribution is 2.29. The Morgan fingerprint density at radius 3 is 2.16 bits per heavy atom. The standard InChI is InChI=1S/C19H23NO5/c1-4-11-24-14-5-7-15(8-6-14)25-13-19(21)20-17-10-9-16(22-2)12-18(17)23-3/h5-10,12H,4,11,13H2,1-3H3,(H,20,21). The fourth-order valence-corrected chi connectivity index (χ4v) is 2.09. The molecule has 0 fully saturated rings. The van der Waals surface area contributed by atoms with Crippen LogP contribution >= 0.6 is 0 Å². The molecule has 0 atom stereocenters. The summed E-state index contributed by atoms with van der Waals surface area (Å²) in [5, 5.41) is 2.75. The van der Waals surface area contributed by atoms with E-state index in [2.05, 4.69) is 5.32 Å². The van der Waals surface area contributed by atoms with E-state index in [1.54, 1.807) is 37.4 Å². The molecular weight excluding hydrogens is 322 g/mol. The molecule has 0 bridgehead atoms. The predicted octanol–water partition coefficient (Wildman–Crippen LogP) is 3.51. The van der Waals surface area contributed by atoms with Crippen molar-refractivity contribution >= 4 is 11.6 Å². The minimum absolute atomic E-state index is 0.107. The monoisotopic (exact) mass is 345 g/mol. The van der Waals surface area contributed by atoms with Gasteiger partial charge in [0.25, 0.3) is 5.91 Å². The number of carbonyl (C=O) groups is 1. The van der Waals surface area contributed by atoms with Gasteiger partial charge in [-0.1, -0.05) is 6.92 Å². The normalized spacial score (nSPS) is 10.0. The Kier molecular flexibility index (Phi) is 6.95. The molecule has 0 saturated heterocycles. The summed E-state index contributed by atoms with van der Waals surface area (Å²) < 4.78 is 21.4. The van der Waals surface area contributed by atoms with Crippen LogP contribution in [0.5, 0.6) is 23.0 Å². The van der Waals surface area contributed by atoms with Gasteiger partial charge in [0.2, 0.25) is 0 Å². The van der Waals surface area contributed by atoms with Crippen molar-refractivity contribution < 1.29 is 23.7 Å². The Morgan fingerprint density at radius 1 is 0.920 bits per heavy atom. The predicted molar refractivity (Wildman–Crippen MR) is 95.9 cm³/mol. The Balaban J connectivity index is 1.88. The lowest BCUT2D eigenvalue weighted by Crippen LogP contribution is -2.20. The maximum Gasteiger partial charge on any atom is 0.262 e. The summed E-state index contributed by atoms with van der Waals surface area (Å²) in [5.74, 6) is 2.26. The van der Waals surface area contributed by atoms with Crippen LogP contribution in [-0.2, 0) is 4.79 Å². The quantitative estimate of drug-likeness (QED) is 0.753. The molecule has 2 aromatic rings. The van der Waals surface area contributed by atoms with Gasteiger partial charge in [0.1, 0.15) is 23.0 Å². The van der Waals surface area contributed by atoms with Crippen molar-refractivity contribution in [1.29, 1.82) is 0 Å². The van der Waals surface area contributed by atoms with Crippen molar-refractivity contribution in [1.82, 2.24) is 0 Å². The second kappa shape index (κ2) is 9.42. The summed E-state index contributed by atoms with van der Waals surface area (Å²) in [6, 6.07) is 12.3. The molecular formula is C19H23NO5. The van der Waals surface area contributed by atoms with Crippen LogP contribution < -0.4 is 24.3 Å². The molecule has 1 amide bonds. The van der Waals surface area contributed by atoms with E-state index in [1.165, 1.54) is 7.11 Å². The van der Waals surface area contributed by atoms with Gasteiger partial charge in [-0.15, -0.1) is 0 Å². The Labute approximate surface area is 147 Å². The van der Waals surface area contributed by atoms with E-state index in [0.717, 1.165) is 12.2 Å². The number of hydrogen-bond acceptors (Lipinski definition) is 5. The van der Waals surface area contributed by atoms with Crippen LogP contribution in [0.15, 0.2) is 42.5 Å². The number of rotatable bonds is 9. The van der Waals surface area contributed by atoms with Gasteiger partial charge in [0.15, 0.2) is 6.61 Å². The zero-order valence-corrected chi connectivity index (χ0v) is 14.7. The minimum Gasteiger partial charge on any atom is -0.497 e. The first-order chi connectivity index (χ1) is 12.2. The van der Waals surface area contributed by atoms with Gasteiger partial charge in [-0.2, -0.15) is 0 Å². The highest BCUT2D eigenvalue weighted by molar-refractivity contribution is 5.93. The topological polar surface area (TPSA) is 66.0 Å². The zero-order valence-electron chi connectivity index (χ0n) is 14.7. The summed E-state index contributed by atoms with van der Waals surface area (Å²) in [6.07, 6.45) is 0.952. The SMILES string of the molecule is CCCOc1ccc(OCC(=O)Nc2ccc(OC)cc2OC)cc1. The van der Waals surface area contributed by atoms with Crippen molar-refractivity contribution in [3.63, 3.8) is 0 Å². The van der Waals surface area contributed by atoms with E-state index in [-0.39, 0.29) is 12.5 Å². The molecule has 2 aromatic carbocycles. The molecule has 0 saturated carbocycles. The number of hydrogen-bond donors (Lipinski definition) is 1. The van der Waals surface area contributed by atoms with Crippen molar-refractivity contribution in [2.24, 2.45) is 0 Å². The van der Waals surface area contributed by atoms with Gasteiger partial charge in [0, 0.05) is 6.07 Å². The molecule has 6 heteroatoms. The molecule has 0 aliphatic heterocycles. The van der Waals surface area contributed by atoms with Crippen LogP contribution in [0.4, 0.5) is 5.69 Å². The van der Waals surface area contributed by atoms with Gasteiger partial charge >= 0.3 is 0 Å². The second-order valence-electron chi connectivity index (χ2n) is 5.22. The first kappa shape index (κ1) is 18.4. The largest absolute Gasteiger partial charge is 0.497 e. The van der Waals surface area contributed by atoms with E-state index < -0.39 is 0 Å². The van der Waals surface area contributed by atoms with E-state index in [4.69, 9.17) is 18.9 Å². The first-order valence-corrected chi connectivity index (χ1v) is 8.03. The second-order valence-corrected chi connectivity index (χ2v) is 5.22. The van der Waals surface area contributed by atoms with Crippen LogP contribution in [0, 0.1) is 0 Å². The molecule has 0 radical (unpaired) electrons. The lowest BCUT2D eigenvalue weighted by molar-refractivity contribution is -0.118. The van der Waals surface area contributed by atoms with Gasteiger partial charge < -0.3 is 24.3 Å². The summed E-state index contributed by atoms with van der Waals surface area (Å²) >= 11 is 0. The number of ether oxygens (including phenoxy) is 4. The molecule has 0 aliphatic rings. The molecule has 0 aliphatic carbocycles. The van der Waals surface area contributed by atoms with Crippen LogP contribution in [0.3, 0.4) is 0 Å². The number of anilines is 1. The fraction of sp³-hybridized carbons (Fsp3) is 0.316. The van der Waals surface area contributed by atoms with Crippen LogP contribution in [-0.4, -0.2) is 33.3 Å². The summed E-state index contributed by atoms with van der Waals surface area (Å²) in [4.78, 5) is 12.1. The third kappa shape index (κ3) is 5.60. The van der Waals surface area contributed by atoms with E-state index in [9.17, 15) is 4.79 Å². The highest BCUT2D eigenvalue weighted by atomic mass is 16.5. The Morgan fingerprint density at radius 2 is 1.56 bits per heavy atom. The lowest BCUT2D eigenvalue weighted by Gasteiger charge is -2.12. The van der Waals surface area contributed by atoms with Crippen molar-refractivity contribution in [2.45, 2.75) is 13.3 Å². The number of methoxy groups -OCH3 is 2. The molecule has 134 valence electrons. The Bertz CT molecular complexity index is 685. The fourth-order valence-electron chi connectivity index (χ4n) is 2.09. The van der Waals surface area contributed by atoms with Crippen LogP contribution in [0.1, 0.15) is 13.3 Å². The molecule has 6 nitrogen and oxygen atoms in total. The van der Waals surface area contributed by atoms with Crippen molar-refractivity contribution in [3.8, 4) is 23.0 Å². The number of carbonyl (C=O) groups excluding carboxylic acids is 1. The molecule has 1 N–H and O–H groups in total. The highest BCUT2D eigenvalue weighted by Gasteiger charge is 2.09. The summed E-state index contributed by atoms with van der Waals surface area (Å²) in [6.45, 7) is 2.62. The third-order valence-electron chi connectivity index (χ3n) is 3.35.